The zero-order chi connectivity index (χ0) is 23.6. The van der Waals surface area contributed by atoms with Gasteiger partial charge in [0.2, 0.25) is 11.8 Å². The van der Waals surface area contributed by atoms with Gasteiger partial charge in [-0.2, -0.15) is 13.2 Å². The molecule has 0 spiro atoms. The van der Waals surface area contributed by atoms with Gasteiger partial charge in [-0.3, -0.25) is 14.9 Å². The van der Waals surface area contributed by atoms with Crippen molar-refractivity contribution >= 4 is 29.1 Å². The average molecular weight is 481 g/mol. The van der Waals surface area contributed by atoms with Crippen molar-refractivity contribution in [2.45, 2.75) is 18.6 Å². The van der Waals surface area contributed by atoms with Crippen LogP contribution in [0.25, 0.3) is 0 Å². The van der Waals surface area contributed by atoms with Crippen LogP contribution in [0.15, 0.2) is 48.5 Å². The van der Waals surface area contributed by atoms with Crippen molar-refractivity contribution in [1.82, 2.24) is 15.1 Å². The van der Waals surface area contributed by atoms with Crippen LogP contribution in [0.2, 0.25) is 5.02 Å². The lowest BCUT2D eigenvalue weighted by Gasteiger charge is -2.38. The number of nitrogens with zero attached hydrogens (tertiary/aromatic N) is 3. The second-order valence-corrected chi connectivity index (χ2v) is 8.61. The molecule has 10 heteroatoms. The molecule has 0 radical (unpaired) electrons. The summed E-state index contributed by atoms with van der Waals surface area (Å²) < 4.78 is 38.9. The fourth-order valence-electron chi connectivity index (χ4n) is 4.12. The summed E-state index contributed by atoms with van der Waals surface area (Å²) in [7, 11) is 0. The molecule has 1 atom stereocenters. The van der Waals surface area contributed by atoms with Crippen LogP contribution in [-0.2, 0) is 15.8 Å². The van der Waals surface area contributed by atoms with E-state index in [9.17, 15) is 22.8 Å². The van der Waals surface area contributed by atoms with Gasteiger partial charge in [0.1, 0.15) is 6.54 Å². The van der Waals surface area contributed by atoms with E-state index >= 15 is 0 Å². The van der Waals surface area contributed by atoms with Crippen molar-refractivity contribution in [3.63, 3.8) is 0 Å². The van der Waals surface area contributed by atoms with Gasteiger partial charge in [-0.15, -0.1) is 0 Å². The van der Waals surface area contributed by atoms with Crippen LogP contribution in [0.4, 0.5) is 18.9 Å². The van der Waals surface area contributed by atoms with Gasteiger partial charge in [0.05, 0.1) is 12.2 Å². The number of rotatable bonds is 4. The lowest BCUT2D eigenvalue weighted by atomic mass is 10.0. The molecule has 0 bridgehead atoms. The summed E-state index contributed by atoms with van der Waals surface area (Å²) in [5.74, 6) is -0.275. The number of benzene rings is 2. The third-order valence-corrected chi connectivity index (χ3v) is 6.28. The minimum absolute atomic E-state index is 0.0251. The second-order valence-electron chi connectivity index (χ2n) is 8.18. The maximum Gasteiger partial charge on any atom is 0.416 e. The first-order chi connectivity index (χ1) is 15.7. The predicted octanol–water partition coefficient (Wildman–Crippen LogP) is 3.53. The quantitative estimate of drug-likeness (QED) is 0.727. The molecule has 2 fully saturated rings. The van der Waals surface area contributed by atoms with E-state index in [1.54, 1.807) is 23.1 Å². The molecule has 6 nitrogen and oxygen atoms in total. The van der Waals surface area contributed by atoms with Crippen molar-refractivity contribution in [3.05, 3.63) is 64.7 Å². The molecule has 2 aliphatic rings. The molecule has 2 heterocycles. The molecule has 0 aromatic heterocycles. The Bertz CT molecular complexity index is 1010. The Morgan fingerprint density at radius 1 is 1.06 bits per heavy atom. The second kappa shape index (κ2) is 9.61. The molecule has 0 aliphatic carbocycles. The summed E-state index contributed by atoms with van der Waals surface area (Å²) in [5.41, 5.74) is 0.761. The Labute approximate surface area is 194 Å². The topological polar surface area (TPSA) is 55.9 Å². The lowest BCUT2D eigenvalue weighted by Crippen LogP contribution is -2.54. The number of anilines is 1. The molecule has 1 N–H and O–H groups in total. The van der Waals surface area contributed by atoms with Gasteiger partial charge in [0.25, 0.3) is 0 Å². The van der Waals surface area contributed by atoms with Gasteiger partial charge >= 0.3 is 6.18 Å². The standard InChI is InChI=1S/C23H24ClF3N4O2/c24-18-6-4-16(5-7-18)20-13-21(32)31(15-28-20)14-22(33)30-10-8-29(9-11-30)19-3-1-2-17(12-19)23(25,26)27/h1-7,12,20,28H,8-11,13-15H2. The van der Waals surface area contributed by atoms with E-state index in [0.717, 1.165) is 17.7 Å². The zero-order valence-corrected chi connectivity index (χ0v) is 18.6. The highest BCUT2D eigenvalue weighted by atomic mass is 35.5. The largest absolute Gasteiger partial charge is 0.416 e. The highest BCUT2D eigenvalue weighted by Crippen LogP contribution is 2.32. The van der Waals surface area contributed by atoms with Gasteiger partial charge < -0.3 is 14.7 Å². The number of nitrogens with one attached hydrogen (secondary N) is 1. The van der Waals surface area contributed by atoms with Crippen LogP contribution >= 0.6 is 11.6 Å². The molecule has 2 aliphatic heterocycles. The number of carbonyl (C=O) groups is 2. The van der Waals surface area contributed by atoms with E-state index in [-0.39, 0.29) is 37.5 Å². The smallest absolute Gasteiger partial charge is 0.368 e. The fourth-order valence-corrected chi connectivity index (χ4v) is 4.24. The van der Waals surface area contributed by atoms with Crippen molar-refractivity contribution < 1.29 is 22.8 Å². The van der Waals surface area contributed by atoms with Gasteiger partial charge in [0.15, 0.2) is 0 Å². The van der Waals surface area contributed by atoms with Crippen LogP contribution in [0.1, 0.15) is 23.6 Å². The Hall–Kier alpha value is -2.78. The van der Waals surface area contributed by atoms with Crippen LogP contribution in [-0.4, -0.2) is 61.0 Å². The molecule has 1 unspecified atom stereocenters. The third kappa shape index (κ3) is 5.59. The van der Waals surface area contributed by atoms with Crippen molar-refractivity contribution in [2.24, 2.45) is 0 Å². The van der Waals surface area contributed by atoms with E-state index in [1.165, 1.54) is 11.0 Å². The predicted molar refractivity (Wildman–Crippen MR) is 119 cm³/mol. The normalized spacial score (nSPS) is 19.7. The molecule has 2 aromatic rings. The van der Waals surface area contributed by atoms with Gasteiger partial charge in [0, 0.05) is 49.4 Å². The summed E-state index contributed by atoms with van der Waals surface area (Å²) >= 11 is 5.92. The molecule has 2 saturated heterocycles. The first kappa shape index (κ1) is 23.4. The number of halogens is 4. The van der Waals surface area contributed by atoms with E-state index in [0.29, 0.717) is 36.9 Å². The summed E-state index contributed by atoms with van der Waals surface area (Å²) in [6.07, 6.45) is -4.15. The summed E-state index contributed by atoms with van der Waals surface area (Å²) in [6.45, 7) is 1.87. The number of carbonyl (C=O) groups excluding carboxylic acids is 2. The number of hydrogen-bond acceptors (Lipinski definition) is 4. The highest BCUT2D eigenvalue weighted by Gasteiger charge is 2.32. The zero-order valence-electron chi connectivity index (χ0n) is 17.8. The highest BCUT2D eigenvalue weighted by molar-refractivity contribution is 6.30. The van der Waals surface area contributed by atoms with E-state index in [4.69, 9.17) is 11.6 Å². The molecular weight excluding hydrogens is 457 g/mol. The third-order valence-electron chi connectivity index (χ3n) is 6.03. The Balaban J connectivity index is 1.28. The molecular formula is C23H24ClF3N4O2. The van der Waals surface area contributed by atoms with Crippen molar-refractivity contribution in [1.29, 1.82) is 0 Å². The van der Waals surface area contributed by atoms with Crippen molar-refractivity contribution in [3.8, 4) is 0 Å². The number of amides is 2. The molecule has 176 valence electrons. The maximum atomic E-state index is 13.0. The van der Waals surface area contributed by atoms with Gasteiger partial charge in [-0.25, -0.2) is 0 Å². The molecule has 4 rings (SSSR count). The van der Waals surface area contributed by atoms with Crippen molar-refractivity contribution in [2.75, 3.05) is 44.3 Å². The maximum absolute atomic E-state index is 13.0. The summed E-state index contributed by atoms with van der Waals surface area (Å²) in [5, 5.41) is 3.91. The first-order valence-electron chi connectivity index (χ1n) is 10.7. The SMILES string of the molecule is O=C(CN1CNC(c2ccc(Cl)cc2)CC1=O)N1CCN(c2cccc(C(F)(F)F)c2)CC1. The first-order valence-corrected chi connectivity index (χ1v) is 11.0. The van der Waals surface area contributed by atoms with E-state index in [1.807, 2.05) is 17.0 Å². The lowest BCUT2D eigenvalue weighted by molar-refractivity contribution is -0.143. The van der Waals surface area contributed by atoms with E-state index < -0.39 is 11.7 Å². The Kier molecular flexibility index (Phi) is 6.81. The average Bonchev–Trinajstić information content (AvgIpc) is 2.80. The van der Waals surface area contributed by atoms with Crippen LogP contribution in [0.3, 0.4) is 0 Å². The van der Waals surface area contributed by atoms with Crippen LogP contribution in [0, 0.1) is 0 Å². The van der Waals surface area contributed by atoms with Gasteiger partial charge in [-0.1, -0.05) is 29.8 Å². The summed E-state index contributed by atoms with van der Waals surface area (Å²) in [6, 6.07) is 12.4. The number of alkyl halides is 3. The summed E-state index contributed by atoms with van der Waals surface area (Å²) in [4.78, 5) is 30.3. The molecule has 2 amide bonds. The molecule has 0 saturated carbocycles. The Morgan fingerprint density at radius 2 is 1.76 bits per heavy atom. The minimum atomic E-state index is -4.39. The molecule has 33 heavy (non-hydrogen) atoms. The van der Waals surface area contributed by atoms with Gasteiger partial charge in [-0.05, 0) is 35.9 Å². The van der Waals surface area contributed by atoms with Crippen LogP contribution < -0.4 is 10.2 Å². The minimum Gasteiger partial charge on any atom is -0.368 e. The Morgan fingerprint density at radius 3 is 2.39 bits per heavy atom. The number of piperazine rings is 1. The van der Waals surface area contributed by atoms with Crippen LogP contribution in [0.5, 0.6) is 0 Å². The van der Waals surface area contributed by atoms with E-state index in [2.05, 4.69) is 5.32 Å². The fraction of sp³-hybridized carbons (Fsp3) is 0.391. The number of hydrogen-bond donors (Lipinski definition) is 1. The monoisotopic (exact) mass is 480 g/mol. The molecule has 2 aromatic carbocycles.